The molecule has 0 atom stereocenters. The van der Waals surface area contributed by atoms with Gasteiger partial charge in [0.25, 0.3) is 0 Å². The van der Waals surface area contributed by atoms with E-state index in [2.05, 4.69) is 108 Å². The normalized spacial score (nSPS) is 16.6. The van der Waals surface area contributed by atoms with Crippen molar-refractivity contribution in [1.82, 2.24) is 0 Å². The second kappa shape index (κ2) is 10.8. The molecule has 128 valence electrons. The van der Waals surface area contributed by atoms with E-state index in [4.69, 9.17) is 0 Å². The van der Waals surface area contributed by atoms with Gasteiger partial charge in [0.1, 0.15) is 0 Å². The summed E-state index contributed by atoms with van der Waals surface area (Å²) >= 11 is 0.987. The van der Waals surface area contributed by atoms with Gasteiger partial charge in [-0.3, -0.25) is 0 Å². The van der Waals surface area contributed by atoms with Crippen LogP contribution in [0.1, 0.15) is 11.1 Å². The van der Waals surface area contributed by atoms with E-state index in [0.717, 1.165) is 0 Å². The molecular weight excluding hydrogens is 446 g/mol. The molecule has 0 amide bonds. The zero-order chi connectivity index (χ0) is 17.9. The summed E-state index contributed by atoms with van der Waals surface area (Å²) in [5.74, 6) is 0. The summed E-state index contributed by atoms with van der Waals surface area (Å²) in [5.41, 5.74) is 2.47. The number of allylic oxidation sites excluding steroid dienone is 8. The van der Waals surface area contributed by atoms with Crippen LogP contribution in [0, 0.1) is 0 Å². The molecule has 0 saturated carbocycles. The third-order valence-electron chi connectivity index (χ3n) is 3.51. The predicted octanol–water partition coefficient (Wildman–Crippen LogP) is 5.63. The molecule has 1 aliphatic heterocycles. The third kappa shape index (κ3) is 6.67. The molecule has 0 N–H and O–H groups in total. The van der Waals surface area contributed by atoms with Crippen molar-refractivity contribution in [3.63, 3.8) is 0 Å². The summed E-state index contributed by atoms with van der Waals surface area (Å²) in [7, 11) is 0. The van der Waals surface area contributed by atoms with Crippen LogP contribution in [0.3, 0.4) is 0 Å². The van der Waals surface area contributed by atoms with Crippen LogP contribution in [0.2, 0.25) is 0 Å². The Morgan fingerprint density at radius 1 is 0.577 bits per heavy atom. The molecule has 2 heteroatoms. The van der Waals surface area contributed by atoms with Crippen molar-refractivity contribution in [2.24, 2.45) is 0 Å². The van der Waals surface area contributed by atoms with Gasteiger partial charge in [0.15, 0.2) is 0 Å². The van der Waals surface area contributed by atoms with Crippen LogP contribution in [-0.4, -0.2) is 29.9 Å². The van der Waals surface area contributed by atoms with Gasteiger partial charge in [0.2, 0.25) is 0 Å². The molecule has 2 aromatic carbocycles. The van der Waals surface area contributed by atoms with Crippen LogP contribution in [-0.2, 0) is 0 Å². The predicted molar refractivity (Wildman–Crippen MR) is 117 cm³/mol. The Hall–Kier alpha value is -2.08. The van der Waals surface area contributed by atoms with E-state index >= 15 is 0 Å². The second-order valence-electron chi connectivity index (χ2n) is 5.51. The summed E-state index contributed by atoms with van der Waals surface area (Å²) in [6.45, 7) is 0. The Labute approximate surface area is 168 Å². The molecule has 0 radical (unpaired) electrons. The monoisotopic (exact) mass is 468 g/mol. The van der Waals surface area contributed by atoms with Crippen LogP contribution in [0.25, 0.3) is 12.2 Å². The molecule has 2 aromatic rings. The zero-order valence-corrected chi connectivity index (χ0v) is 17.8. The van der Waals surface area contributed by atoms with Crippen LogP contribution in [0.15, 0.2) is 116 Å². The van der Waals surface area contributed by atoms with E-state index < -0.39 is 0 Å². The quantitative estimate of drug-likeness (QED) is 0.383. The molecule has 1 aliphatic rings. The van der Waals surface area contributed by atoms with E-state index in [1.807, 2.05) is 12.1 Å². The summed E-state index contributed by atoms with van der Waals surface area (Å²) < 4.78 is 3.07. The van der Waals surface area contributed by atoms with Gasteiger partial charge in [0.05, 0.1) is 0 Å². The van der Waals surface area contributed by atoms with Gasteiger partial charge >= 0.3 is 169 Å². The fourth-order valence-corrected chi connectivity index (χ4v) is 7.67. The Morgan fingerprint density at radius 2 is 1.15 bits per heavy atom. The Bertz CT molecular complexity index is 867. The molecule has 26 heavy (non-hydrogen) atoms. The first-order valence-corrected chi connectivity index (χ1v) is 12.0. The molecule has 3 rings (SSSR count). The first-order valence-electron chi connectivity index (χ1n) is 8.45. The maximum atomic E-state index is 2.40. The molecule has 0 nitrogen and oxygen atoms in total. The van der Waals surface area contributed by atoms with Crippen molar-refractivity contribution in [3.05, 3.63) is 127 Å². The minimum absolute atomic E-state index is 0.477. The maximum absolute atomic E-state index is 2.40. The Morgan fingerprint density at radius 3 is 1.81 bits per heavy atom. The third-order valence-corrected chi connectivity index (χ3v) is 9.51. The van der Waals surface area contributed by atoms with Gasteiger partial charge in [0, 0.05) is 0 Å². The van der Waals surface area contributed by atoms with Gasteiger partial charge in [-0.15, -0.1) is 0 Å². The Balaban J connectivity index is 1.44. The van der Waals surface area contributed by atoms with Gasteiger partial charge in [-0.2, -0.15) is 0 Å². The topological polar surface area (TPSA) is 0 Å². The fraction of sp³-hybridized carbons (Fsp3) is 0. The molecule has 0 fully saturated rings. The molecule has 0 unspecified atom stereocenters. The molecule has 0 bridgehead atoms. The van der Waals surface area contributed by atoms with Gasteiger partial charge in [-0.05, 0) is 0 Å². The Kier molecular flexibility index (Phi) is 7.77. The van der Waals surface area contributed by atoms with E-state index in [0.29, 0.717) is 29.9 Å². The zero-order valence-electron chi connectivity index (χ0n) is 14.4. The average Bonchev–Trinajstić information content (AvgIpc) is 3.14. The summed E-state index contributed by atoms with van der Waals surface area (Å²) in [4.78, 5) is 2.40. The van der Waals surface area contributed by atoms with E-state index in [-0.39, 0.29) is 0 Å². The first-order chi connectivity index (χ1) is 12.9. The molecule has 0 saturated heterocycles. The van der Waals surface area contributed by atoms with Gasteiger partial charge < -0.3 is 0 Å². The van der Waals surface area contributed by atoms with E-state index in [9.17, 15) is 0 Å². The standard InChI is InChI=1S/C24H20Se2/c1-4-12-21(13-5-1)16-8-3-9-19-24-25-20-23(26-24)18-11-10-17-22-14-6-2-7-15-22/h1-20H/b9-3+,16-8+,17-10+,18-11+,24-19+. The van der Waals surface area contributed by atoms with Crippen molar-refractivity contribution in [3.8, 4) is 0 Å². The molecule has 0 aromatic heterocycles. The van der Waals surface area contributed by atoms with Crippen LogP contribution < -0.4 is 0 Å². The van der Waals surface area contributed by atoms with Crippen molar-refractivity contribution < 1.29 is 0 Å². The SMILES string of the molecule is C1=C(/C=C/C=C/c2ccccc2)[Se]/C(=C/C=C/C=C/c2ccccc2)[Se]1. The van der Waals surface area contributed by atoms with E-state index in [1.54, 1.807) is 3.37 Å². The molecule has 0 spiro atoms. The average molecular weight is 466 g/mol. The summed E-state index contributed by atoms with van der Waals surface area (Å²) in [6, 6.07) is 20.8. The van der Waals surface area contributed by atoms with Crippen LogP contribution in [0.5, 0.6) is 0 Å². The van der Waals surface area contributed by atoms with Crippen LogP contribution >= 0.6 is 0 Å². The first kappa shape index (κ1) is 18.7. The summed E-state index contributed by atoms with van der Waals surface area (Å²) in [5, 5.41) is 0. The molecule has 0 aliphatic carbocycles. The number of hydrogen-bond donors (Lipinski definition) is 0. The fourth-order valence-electron chi connectivity index (χ4n) is 2.24. The van der Waals surface area contributed by atoms with Gasteiger partial charge in [-0.1, -0.05) is 0 Å². The minimum atomic E-state index is 0.477. The molecular formula is C24H20Se2. The van der Waals surface area contributed by atoms with Crippen molar-refractivity contribution >= 4 is 42.1 Å². The number of benzene rings is 2. The number of rotatable bonds is 6. The summed E-state index contributed by atoms with van der Waals surface area (Å²) in [6.07, 6.45) is 19.5. The molecule has 1 heterocycles. The second-order valence-corrected chi connectivity index (χ2v) is 11.1. The number of hydrogen-bond acceptors (Lipinski definition) is 0. The van der Waals surface area contributed by atoms with Crippen molar-refractivity contribution in [2.45, 2.75) is 0 Å². The van der Waals surface area contributed by atoms with Crippen molar-refractivity contribution in [2.75, 3.05) is 0 Å². The van der Waals surface area contributed by atoms with Gasteiger partial charge in [-0.25, -0.2) is 0 Å². The van der Waals surface area contributed by atoms with Crippen molar-refractivity contribution in [1.29, 1.82) is 0 Å². The van der Waals surface area contributed by atoms with E-state index in [1.165, 1.54) is 15.6 Å². The van der Waals surface area contributed by atoms with Crippen LogP contribution in [0.4, 0.5) is 0 Å².